The zero-order valence-corrected chi connectivity index (χ0v) is 8.33. The van der Waals surface area contributed by atoms with Crippen LogP contribution in [0.25, 0.3) is 0 Å². The molecular formula is C10H14N2O2. The molecule has 1 aromatic carbocycles. The molecule has 0 aliphatic rings. The number of carbonyl (C=O) groups is 1. The van der Waals surface area contributed by atoms with Crippen molar-refractivity contribution in [3.8, 4) is 5.75 Å². The average molecular weight is 194 g/mol. The number of benzene rings is 1. The Morgan fingerprint density at radius 3 is 2.93 bits per heavy atom. The highest BCUT2D eigenvalue weighted by atomic mass is 16.5. The van der Waals surface area contributed by atoms with Gasteiger partial charge >= 0.3 is 0 Å². The van der Waals surface area contributed by atoms with Crippen LogP contribution in [0.2, 0.25) is 0 Å². The molecule has 0 spiro atoms. The molecule has 1 aromatic rings. The van der Waals surface area contributed by atoms with Gasteiger partial charge in [-0.2, -0.15) is 0 Å². The van der Waals surface area contributed by atoms with Gasteiger partial charge in [-0.3, -0.25) is 4.79 Å². The van der Waals surface area contributed by atoms with Crippen LogP contribution in [-0.2, 0) is 4.79 Å². The van der Waals surface area contributed by atoms with Gasteiger partial charge in [0.2, 0.25) is 0 Å². The van der Waals surface area contributed by atoms with Gasteiger partial charge in [0, 0.05) is 7.05 Å². The van der Waals surface area contributed by atoms with Crippen molar-refractivity contribution < 1.29 is 9.53 Å². The summed E-state index contributed by atoms with van der Waals surface area (Å²) in [4.78, 5) is 10.9. The number of hydrogen-bond donors (Lipinski definition) is 2. The lowest BCUT2D eigenvalue weighted by Gasteiger charge is -2.08. The Kier molecular flexibility index (Phi) is 3.34. The van der Waals surface area contributed by atoms with Gasteiger partial charge in [-0.05, 0) is 24.6 Å². The normalized spacial score (nSPS) is 9.57. The Morgan fingerprint density at radius 2 is 2.29 bits per heavy atom. The smallest absolute Gasteiger partial charge is 0.257 e. The standard InChI is InChI=1S/C10H14N2O2/c1-7-3-4-8(11)9(5-7)14-6-10(13)12-2/h3-5H,6,11H2,1-2H3,(H,12,13). The predicted molar refractivity (Wildman–Crippen MR) is 55.2 cm³/mol. The third kappa shape index (κ3) is 2.65. The number of rotatable bonds is 3. The van der Waals surface area contributed by atoms with Crippen LogP contribution in [0.1, 0.15) is 5.56 Å². The van der Waals surface area contributed by atoms with Gasteiger partial charge in [0.15, 0.2) is 6.61 Å². The van der Waals surface area contributed by atoms with Crippen LogP contribution in [0.5, 0.6) is 5.75 Å². The monoisotopic (exact) mass is 194 g/mol. The Balaban J connectivity index is 2.66. The van der Waals surface area contributed by atoms with Crippen LogP contribution in [0.4, 0.5) is 5.69 Å². The van der Waals surface area contributed by atoms with Gasteiger partial charge in [-0.1, -0.05) is 6.07 Å². The van der Waals surface area contributed by atoms with E-state index in [1.807, 2.05) is 13.0 Å². The van der Waals surface area contributed by atoms with E-state index in [9.17, 15) is 4.79 Å². The Hall–Kier alpha value is -1.71. The van der Waals surface area contributed by atoms with Gasteiger partial charge in [0.25, 0.3) is 5.91 Å². The molecule has 76 valence electrons. The molecular weight excluding hydrogens is 180 g/mol. The van der Waals surface area contributed by atoms with Crippen LogP contribution < -0.4 is 15.8 Å². The van der Waals surface area contributed by atoms with Crippen LogP contribution in [0, 0.1) is 6.92 Å². The first kappa shape index (κ1) is 10.4. The van der Waals surface area contributed by atoms with Gasteiger partial charge in [-0.25, -0.2) is 0 Å². The maximum absolute atomic E-state index is 10.9. The summed E-state index contributed by atoms with van der Waals surface area (Å²) in [6.45, 7) is 1.93. The minimum absolute atomic E-state index is 0.00977. The predicted octanol–water partition coefficient (Wildman–Crippen LogP) is 0.702. The first-order chi connectivity index (χ1) is 6.63. The number of nitrogen functional groups attached to an aromatic ring is 1. The van der Waals surface area contributed by atoms with E-state index in [-0.39, 0.29) is 12.5 Å². The summed E-state index contributed by atoms with van der Waals surface area (Å²) in [7, 11) is 1.56. The molecule has 0 aliphatic carbocycles. The van der Waals surface area contributed by atoms with Crippen molar-refractivity contribution in [2.75, 3.05) is 19.4 Å². The zero-order valence-electron chi connectivity index (χ0n) is 8.33. The van der Waals surface area contributed by atoms with Crippen molar-refractivity contribution in [3.63, 3.8) is 0 Å². The molecule has 1 amide bonds. The largest absolute Gasteiger partial charge is 0.482 e. The first-order valence-electron chi connectivity index (χ1n) is 4.33. The molecule has 0 aromatic heterocycles. The van der Waals surface area contributed by atoms with E-state index < -0.39 is 0 Å². The first-order valence-corrected chi connectivity index (χ1v) is 4.33. The van der Waals surface area contributed by atoms with E-state index in [2.05, 4.69) is 5.32 Å². The van der Waals surface area contributed by atoms with Gasteiger partial charge < -0.3 is 15.8 Å². The molecule has 0 saturated carbocycles. The third-order valence-corrected chi connectivity index (χ3v) is 1.81. The Bertz CT molecular complexity index is 337. The molecule has 0 bridgehead atoms. The number of likely N-dealkylation sites (N-methyl/N-ethyl adjacent to an activating group) is 1. The SMILES string of the molecule is CNC(=O)COc1cc(C)ccc1N. The number of ether oxygens (including phenoxy) is 1. The van der Waals surface area contributed by atoms with Gasteiger partial charge in [0.1, 0.15) is 5.75 Å². The molecule has 1 rings (SSSR count). The van der Waals surface area contributed by atoms with Crippen molar-refractivity contribution >= 4 is 11.6 Å². The second kappa shape index (κ2) is 4.50. The second-order valence-electron chi connectivity index (χ2n) is 3.00. The number of aryl methyl sites for hydroxylation is 1. The molecule has 0 aliphatic heterocycles. The number of hydrogen-bond acceptors (Lipinski definition) is 3. The average Bonchev–Trinajstić information content (AvgIpc) is 2.19. The van der Waals surface area contributed by atoms with Gasteiger partial charge in [0.05, 0.1) is 5.69 Å². The van der Waals surface area contributed by atoms with E-state index in [0.29, 0.717) is 11.4 Å². The van der Waals surface area contributed by atoms with Crippen molar-refractivity contribution in [1.82, 2.24) is 5.32 Å². The summed E-state index contributed by atoms with van der Waals surface area (Å²) < 4.78 is 5.23. The third-order valence-electron chi connectivity index (χ3n) is 1.81. The Labute approximate surface area is 83.1 Å². The van der Waals surface area contributed by atoms with Crippen LogP contribution in [0.15, 0.2) is 18.2 Å². The van der Waals surface area contributed by atoms with E-state index in [4.69, 9.17) is 10.5 Å². The minimum Gasteiger partial charge on any atom is -0.482 e. The molecule has 0 saturated heterocycles. The Morgan fingerprint density at radius 1 is 1.57 bits per heavy atom. The summed E-state index contributed by atoms with van der Waals surface area (Å²) >= 11 is 0. The van der Waals surface area contributed by atoms with E-state index in [1.54, 1.807) is 19.2 Å². The topological polar surface area (TPSA) is 64.3 Å². The lowest BCUT2D eigenvalue weighted by atomic mass is 10.2. The highest BCUT2D eigenvalue weighted by Gasteiger charge is 2.03. The molecule has 0 unspecified atom stereocenters. The molecule has 0 fully saturated rings. The number of carbonyl (C=O) groups excluding carboxylic acids is 1. The van der Waals surface area contributed by atoms with Crippen LogP contribution in [0.3, 0.4) is 0 Å². The molecule has 14 heavy (non-hydrogen) atoms. The van der Waals surface area contributed by atoms with Crippen LogP contribution in [-0.4, -0.2) is 19.6 Å². The van der Waals surface area contributed by atoms with Crippen molar-refractivity contribution in [2.24, 2.45) is 0 Å². The molecule has 0 heterocycles. The summed E-state index contributed by atoms with van der Waals surface area (Å²) in [6, 6.07) is 5.45. The lowest BCUT2D eigenvalue weighted by molar-refractivity contribution is -0.122. The molecule has 3 N–H and O–H groups in total. The maximum atomic E-state index is 10.9. The maximum Gasteiger partial charge on any atom is 0.257 e. The fraction of sp³-hybridized carbons (Fsp3) is 0.300. The fourth-order valence-corrected chi connectivity index (χ4v) is 0.982. The summed E-state index contributed by atoms with van der Waals surface area (Å²) in [5.41, 5.74) is 7.25. The van der Waals surface area contributed by atoms with Gasteiger partial charge in [-0.15, -0.1) is 0 Å². The van der Waals surface area contributed by atoms with Crippen molar-refractivity contribution in [2.45, 2.75) is 6.92 Å². The number of nitrogens with one attached hydrogen (secondary N) is 1. The molecule has 0 radical (unpaired) electrons. The van der Waals surface area contributed by atoms with Crippen molar-refractivity contribution in [3.05, 3.63) is 23.8 Å². The summed E-state index contributed by atoms with van der Waals surface area (Å²) in [5.74, 6) is 0.375. The van der Waals surface area contributed by atoms with E-state index in [0.717, 1.165) is 5.56 Å². The highest BCUT2D eigenvalue weighted by molar-refractivity contribution is 5.77. The zero-order chi connectivity index (χ0) is 10.6. The van der Waals surface area contributed by atoms with Crippen molar-refractivity contribution in [1.29, 1.82) is 0 Å². The number of anilines is 1. The number of nitrogens with two attached hydrogens (primary N) is 1. The summed E-state index contributed by atoms with van der Waals surface area (Å²) in [6.07, 6.45) is 0. The summed E-state index contributed by atoms with van der Waals surface area (Å²) in [5, 5.41) is 2.46. The van der Waals surface area contributed by atoms with E-state index in [1.165, 1.54) is 0 Å². The quantitative estimate of drug-likeness (QED) is 0.696. The number of amides is 1. The molecule has 4 heteroatoms. The lowest BCUT2D eigenvalue weighted by Crippen LogP contribution is -2.25. The van der Waals surface area contributed by atoms with Crippen LogP contribution >= 0.6 is 0 Å². The highest BCUT2D eigenvalue weighted by Crippen LogP contribution is 2.21. The minimum atomic E-state index is -0.175. The second-order valence-corrected chi connectivity index (χ2v) is 3.00. The van der Waals surface area contributed by atoms with E-state index >= 15 is 0 Å². The molecule has 0 atom stereocenters. The fourth-order valence-electron chi connectivity index (χ4n) is 0.982. The molecule has 4 nitrogen and oxygen atoms in total.